The van der Waals surface area contributed by atoms with Crippen molar-refractivity contribution in [2.24, 2.45) is 5.73 Å². The summed E-state index contributed by atoms with van der Waals surface area (Å²) in [5.74, 6) is 0.593. The lowest BCUT2D eigenvalue weighted by molar-refractivity contribution is 0.528. The molecule has 27 heavy (non-hydrogen) atoms. The largest absolute Gasteiger partial charge is 0.386 e. The van der Waals surface area contributed by atoms with Gasteiger partial charge in [-0.25, -0.2) is 0 Å². The van der Waals surface area contributed by atoms with Gasteiger partial charge in [0.15, 0.2) is 0 Å². The van der Waals surface area contributed by atoms with E-state index >= 15 is 0 Å². The third-order valence-corrected chi connectivity index (χ3v) is 5.24. The van der Waals surface area contributed by atoms with Crippen molar-refractivity contribution >= 4 is 0 Å². The van der Waals surface area contributed by atoms with Crippen molar-refractivity contribution in [2.75, 3.05) is 7.05 Å². The summed E-state index contributed by atoms with van der Waals surface area (Å²) in [4.78, 5) is 1.95. The second-order valence-electron chi connectivity index (χ2n) is 7.87. The molecule has 0 heterocycles. The molecule has 0 bridgehead atoms. The molecule has 2 N–H and O–H groups in total. The van der Waals surface area contributed by atoms with Crippen LogP contribution in [0.15, 0.2) is 36.3 Å². The Balaban J connectivity index is 3.49. The first-order valence-electron chi connectivity index (χ1n) is 11.7. The number of rotatable bonds is 19. The first kappa shape index (κ1) is 25.8. The molecule has 0 spiro atoms. The summed E-state index contributed by atoms with van der Waals surface area (Å²) in [7, 11) is 1.97. The molecule has 0 saturated heterocycles. The van der Waals surface area contributed by atoms with E-state index in [0.717, 1.165) is 18.5 Å². The molecule has 0 saturated carbocycles. The van der Waals surface area contributed by atoms with Crippen LogP contribution in [-0.4, -0.2) is 11.9 Å². The van der Waals surface area contributed by atoms with Crippen molar-refractivity contribution in [2.45, 2.75) is 117 Å². The topological polar surface area (TPSA) is 29.3 Å². The Morgan fingerprint density at radius 1 is 0.778 bits per heavy atom. The van der Waals surface area contributed by atoms with Crippen LogP contribution in [0.5, 0.6) is 0 Å². The van der Waals surface area contributed by atoms with E-state index in [-0.39, 0.29) is 0 Å². The summed E-state index contributed by atoms with van der Waals surface area (Å²) in [6.07, 6.45) is 28.6. The molecule has 0 aromatic heterocycles. The van der Waals surface area contributed by atoms with E-state index in [1.165, 1.54) is 89.9 Å². The van der Waals surface area contributed by atoms with Gasteiger partial charge in [-0.1, -0.05) is 116 Å². The molecule has 0 unspecified atom stereocenters. The standard InChI is InChI=1S/C25H48N2/c1-5-7-8-9-10-11-12-13-14-15-16-17-18-19-20-21-23-25(22-6-2)27(4)24(3)26/h21-23H,3,5-20,26H2,1-2,4H3/b23-21-,25-22+. The first-order valence-corrected chi connectivity index (χ1v) is 11.7. The van der Waals surface area contributed by atoms with Crippen LogP contribution in [0.3, 0.4) is 0 Å². The predicted octanol–water partition coefficient (Wildman–Crippen LogP) is 8.07. The molecular weight excluding hydrogens is 328 g/mol. The van der Waals surface area contributed by atoms with E-state index in [1.807, 2.05) is 11.9 Å². The Labute approximate surface area is 171 Å². The summed E-state index contributed by atoms with van der Waals surface area (Å²) in [6, 6.07) is 0. The Morgan fingerprint density at radius 3 is 1.63 bits per heavy atom. The number of hydrogen-bond donors (Lipinski definition) is 1. The summed E-state index contributed by atoms with van der Waals surface area (Å²) in [6.45, 7) is 8.25. The molecule has 0 aromatic rings. The van der Waals surface area contributed by atoms with Crippen molar-refractivity contribution in [3.63, 3.8) is 0 Å². The minimum absolute atomic E-state index is 0.593. The molecular formula is C25H48N2. The number of nitrogens with two attached hydrogens (primary N) is 1. The van der Waals surface area contributed by atoms with Crippen molar-refractivity contribution in [1.29, 1.82) is 0 Å². The summed E-state index contributed by atoms with van der Waals surface area (Å²) in [5.41, 5.74) is 6.93. The van der Waals surface area contributed by atoms with Gasteiger partial charge in [-0.05, 0) is 25.3 Å². The Morgan fingerprint density at radius 2 is 1.22 bits per heavy atom. The molecule has 2 heteroatoms. The monoisotopic (exact) mass is 376 g/mol. The summed E-state index contributed by atoms with van der Waals surface area (Å²) < 4.78 is 0. The van der Waals surface area contributed by atoms with Crippen LogP contribution in [0.4, 0.5) is 0 Å². The van der Waals surface area contributed by atoms with Gasteiger partial charge in [-0.15, -0.1) is 0 Å². The number of hydrogen-bond acceptors (Lipinski definition) is 2. The number of unbranched alkanes of at least 4 members (excludes halogenated alkanes) is 14. The summed E-state index contributed by atoms with van der Waals surface area (Å²) in [5, 5.41) is 0. The van der Waals surface area contributed by atoms with Crippen LogP contribution in [0.1, 0.15) is 117 Å². The quantitative estimate of drug-likeness (QED) is 0.182. The van der Waals surface area contributed by atoms with Crippen molar-refractivity contribution < 1.29 is 0 Å². The lowest BCUT2D eigenvalue weighted by Gasteiger charge is -2.19. The molecule has 0 aliphatic heterocycles. The van der Waals surface area contributed by atoms with E-state index < -0.39 is 0 Å². The van der Waals surface area contributed by atoms with Crippen molar-refractivity contribution in [1.82, 2.24) is 4.90 Å². The van der Waals surface area contributed by atoms with Crippen LogP contribution >= 0.6 is 0 Å². The highest BCUT2D eigenvalue weighted by molar-refractivity contribution is 5.20. The van der Waals surface area contributed by atoms with Crippen molar-refractivity contribution in [3.8, 4) is 0 Å². The van der Waals surface area contributed by atoms with E-state index in [2.05, 4.69) is 38.7 Å². The Hall–Kier alpha value is -1.18. The Kier molecular flexibility index (Phi) is 18.7. The maximum atomic E-state index is 5.79. The smallest absolute Gasteiger partial charge is 0.0954 e. The zero-order chi connectivity index (χ0) is 20.2. The van der Waals surface area contributed by atoms with Gasteiger partial charge in [0.1, 0.15) is 0 Å². The van der Waals surface area contributed by atoms with E-state index in [9.17, 15) is 0 Å². The highest BCUT2D eigenvalue weighted by Gasteiger charge is 2.00. The van der Waals surface area contributed by atoms with Crippen LogP contribution in [0, 0.1) is 0 Å². The molecule has 0 atom stereocenters. The highest BCUT2D eigenvalue weighted by atomic mass is 15.2. The molecule has 2 nitrogen and oxygen atoms in total. The molecule has 0 amide bonds. The average Bonchev–Trinajstić information content (AvgIpc) is 2.66. The summed E-state index contributed by atoms with van der Waals surface area (Å²) >= 11 is 0. The number of nitrogens with zero attached hydrogens (tertiary/aromatic N) is 1. The zero-order valence-corrected chi connectivity index (χ0v) is 18.8. The molecule has 0 aliphatic carbocycles. The van der Waals surface area contributed by atoms with Gasteiger partial charge in [-0.2, -0.15) is 0 Å². The first-order chi connectivity index (χ1) is 13.1. The number of allylic oxidation sites excluding steroid dienone is 3. The number of likely N-dealkylation sites (N-methyl/N-ethyl adjacent to an activating group) is 1. The third-order valence-electron chi connectivity index (χ3n) is 5.24. The lowest BCUT2D eigenvalue weighted by Crippen LogP contribution is -2.20. The average molecular weight is 377 g/mol. The maximum absolute atomic E-state index is 5.79. The van der Waals surface area contributed by atoms with Crippen LogP contribution in [-0.2, 0) is 0 Å². The van der Waals surface area contributed by atoms with Crippen molar-refractivity contribution in [3.05, 3.63) is 36.3 Å². The second-order valence-corrected chi connectivity index (χ2v) is 7.87. The lowest BCUT2D eigenvalue weighted by atomic mass is 10.0. The third kappa shape index (κ3) is 16.7. The second kappa shape index (κ2) is 19.6. The zero-order valence-electron chi connectivity index (χ0n) is 18.8. The van der Waals surface area contributed by atoms with Gasteiger partial charge in [0.2, 0.25) is 0 Å². The normalized spacial score (nSPS) is 12.0. The molecule has 0 rings (SSSR count). The van der Waals surface area contributed by atoms with Crippen LogP contribution in [0.25, 0.3) is 0 Å². The molecule has 158 valence electrons. The van der Waals surface area contributed by atoms with E-state index in [0.29, 0.717) is 5.82 Å². The fraction of sp³-hybridized carbons (Fsp3) is 0.760. The molecule has 0 aliphatic rings. The molecule has 0 radical (unpaired) electrons. The van der Waals surface area contributed by atoms with Gasteiger partial charge in [0.05, 0.1) is 5.82 Å². The minimum Gasteiger partial charge on any atom is -0.386 e. The van der Waals surface area contributed by atoms with Gasteiger partial charge in [0.25, 0.3) is 0 Å². The van der Waals surface area contributed by atoms with Gasteiger partial charge < -0.3 is 10.6 Å². The predicted molar refractivity (Wildman–Crippen MR) is 124 cm³/mol. The van der Waals surface area contributed by atoms with Crippen LogP contribution in [0.2, 0.25) is 0 Å². The van der Waals surface area contributed by atoms with Gasteiger partial charge in [0, 0.05) is 12.7 Å². The SMILES string of the molecule is C=C(N)N(C)C(/C=C\CCCCCCCCCCCCCCCC)=C/CC. The minimum atomic E-state index is 0.593. The molecule has 0 aromatic carbocycles. The van der Waals surface area contributed by atoms with Gasteiger partial charge >= 0.3 is 0 Å². The van der Waals surface area contributed by atoms with Gasteiger partial charge in [-0.3, -0.25) is 0 Å². The van der Waals surface area contributed by atoms with E-state index in [4.69, 9.17) is 5.73 Å². The highest BCUT2D eigenvalue weighted by Crippen LogP contribution is 2.14. The van der Waals surface area contributed by atoms with Crippen LogP contribution < -0.4 is 5.73 Å². The maximum Gasteiger partial charge on any atom is 0.0954 e. The molecule has 0 fully saturated rings. The van der Waals surface area contributed by atoms with E-state index in [1.54, 1.807) is 0 Å². The fourth-order valence-corrected chi connectivity index (χ4v) is 3.35. The Bertz CT molecular complexity index is 395. The fourth-order valence-electron chi connectivity index (χ4n) is 3.35.